The van der Waals surface area contributed by atoms with Gasteiger partial charge in [-0.2, -0.15) is 0 Å². The average molecular weight is 914 g/mol. The van der Waals surface area contributed by atoms with Crippen LogP contribution in [-0.2, 0) is 46.1 Å². The Hall–Kier alpha value is 0.457. The molecule has 0 aromatic heterocycles. The van der Waals surface area contributed by atoms with Gasteiger partial charge in [-0.15, -0.1) is 46.2 Å². The molecule has 0 atom stereocenters. The van der Waals surface area contributed by atoms with Crippen LogP contribution in [0.15, 0.2) is 21.1 Å². The summed E-state index contributed by atoms with van der Waals surface area (Å²) < 4.78 is 28.8. The SMILES string of the molecule is F[B]I.O=C1CCc2c(Br)c(Br)c3c(c21)CCO3.O=C1CCc2ccc3c(c21)CCO3.[3H]I.[CH3-].[Pd]. The van der Waals surface area contributed by atoms with E-state index in [1.807, 2.05) is 12.1 Å². The molecule has 2 aliphatic heterocycles. The first-order chi connectivity index (χ1) is 16.0. The van der Waals surface area contributed by atoms with E-state index in [1.54, 1.807) is 0 Å². The molecule has 0 bridgehead atoms. The summed E-state index contributed by atoms with van der Waals surface area (Å²) in [6.07, 6.45) is 4.85. The summed E-state index contributed by atoms with van der Waals surface area (Å²) in [7, 11) is 0. The van der Waals surface area contributed by atoms with E-state index in [-0.39, 0.29) is 33.6 Å². The van der Waals surface area contributed by atoms with Crippen molar-refractivity contribution in [3.05, 3.63) is 61.9 Å². The van der Waals surface area contributed by atoms with Gasteiger partial charge in [0.05, 0.1) is 17.7 Å². The van der Waals surface area contributed by atoms with E-state index in [0.29, 0.717) is 30.6 Å². The van der Waals surface area contributed by atoms with Gasteiger partial charge < -0.3 is 21.2 Å². The Morgan fingerprint density at radius 2 is 1.47 bits per heavy atom. The number of aryl methyl sites for hydroxylation is 1. The van der Waals surface area contributed by atoms with Crippen LogP contribution in [0.2, 0.25) is 0 Å². The van der Waals surface area contributed by atoms with Crippen molar-refractivity contribution in [2.45, 2.75) is 38.5 Å². The second-order valence-corrected chi connectivity index (χ2v) is 9.55. The van der Waals surface area contributed by atoms with E-state index in [0.717, 1.165) is 80.6 Å². The molecule has 0 N–H and O–H groups in total. The Kier molecular flexibility index (Phi) is 13.0. The molecule has 4 nitrogen and oxygen atoms in total. The van der Waals surface area contributed by atoms with Gasteiger partial charge in [-0.1, -0.05) is 6.07 Å². The van der Waals surface area contributed by atoms with Crippen molar-refractivity contribution in [3.63, 3.8) is 0 Å². The fourth-order valence-electron chi connectivity index (χ4n) is 4.60. The second kappa shape index (κ2) is 14.4. The number of carbonyl (C=O) groups is 2. The fourth-order valence-corrected chi connectivity index (χ4v) is 5.77. The van der Waals surface area contributed by atoms with Gasteiger partial charge in [-0.3, -0.25) is 9.59 Å². The van der Waals surface area contributed by atoms with Crippen LogP contribution >= 0.6 is 78.0 Å². The van der Waals surface area contributed by atoms with Crippen molar-refractivity contribution in [2.75, 3.05) is 13.2 Å². The third kappa shape index (κ3) is 6.29. The van der Waals surface area contributed by atoms with Gasteiger partial charge >= 0.3 is 5.41 Å². The minimum Gasteiger partial charge on any atom is -0.493 e. The fraction of sp³-hybridized carbons (Fsp3) is 0.348. The molecule has 0 saturated carbocycles. The van der Waals surface area contributed by atoms with Crippen LogP contribution in [0.4, 0.5) is 4.32 Å². The molecule has 4 aliphatic rings. The van der Waals surface area contributed by atoms with E-state index in [1.165, 1.54) is 51.7 Å². The van der Waals surface area contributed by atoms with Crippen molar-refractivity contribution < 1.29 is 43.8 Å². The number of Topliss-reactive ketones (excluding diaryl/α,β-unsaturated/α-hetero) is 2. The number of hydrogen-bond donors (Lipinski definition) is 0. The maximum atomic E-state index is 11.8. The molecule has 6 rings (SSSR count). The largest absolute Gasteiger partial charge is 0.493 e. The van der Waals surface area contributed by atoms with Crippen molar-refractivity contribution >= 4 is 95.0 Å². The van der Waals surface area contributed by atoms with Crippen LogP contribution in [0.1, 0.15) is 55.8 Å². The predicted molar refractivity (Wildman–Crippen MR) is 155 cm³/mol. The Morgan fingerprint density at radius 3 is 2.18 bits per heavy atom. The molecule has 2 aromatic rings. The van der Waals surface area contributed by atoms with Gasteiger partial charge in [0, 0.05) is 72.8 Å². The molecule has 11 heteroatoms. The molecular weight excluding hydrogens is 890 g/mol. The van der Waals surface area contributed by atoms with Gasteiger partial charge in [0.15, 0.2) is 11.6 Å². The van der Waals surface area contributed by atoms with E-state index >= 15 is 0 Å². The zero-order chi connectivity index (χ0) is 24.1. The quantitative estimate of drug-likeness (QED) is 0.162. The standard InChI is InChI=1S/C11H8Br2O2.C11H10O2.CH3.BFI.HI.Pd/c12-9-5-1-2-7(14)8(5)6-3-4-15-11(6)10(9)13;12-9-3-1-7-2-4-10-8(11(7)9)5-6-13-10;;2-1-3;;/h1-4H2;2,4H,1,3,5-6H2;1H3;;1H;/q;;-1;;;/i/hT. The Bertz CT molecular complexity index is 1090. The van der Waals surface area contributed by atoms with Gasteiger partial charge in [0.2, 0.25) is 0 Å². The molecule has 187 valence electrons. The summed E-state index contributed by atoms with van der Waals surface area (Å²) in [6, 6.07) is 4.03. The first-order valence-electron chi connectivity index (χ1n) is 10.4. The van der Waals surface area contributed by atoms with Crippen LogP contribution in [-0.4, -0.2) is 30.8 Å². The maximum absolute atomic E-state index is 11.8. The van der Waals surface area contributed by atoms with Crippen molar-refractivity contribution in [1.29, 1.82) is 0.594 Å². The molecular formula is C23H22BBr2FI2O4Pd-. The molecule has 0 unspecified atom stereocenters. The van der Waals surface area contributed by atoms with E-state index in [2.05, 4.69) is 31.9 Å². The number of halogens is 5. The third-order valence-electron chi connectivity index (χ3n) is 5.88. The minimum absolute atomic E-state index is 0. The normalized spacial score (nSPS) is 15.4. The summed E-state index contributed by atoms with van der Waals surface area (Å²) in [5.41, 5.74) is 6.97. The first-order valence-corrected chi connectivity index (χ1v) is 12.8. The van der Waals surface area contributed by atoms with Crippen molar-refractivity contribution in [2.24, 2.45) is 0 Å². The third-order valence-corrected chi connectivity index (χ3v) is 8.04. The molecule has 1 radical (unpaired) electrons. The van der Waals surface area contributed by atoms with Crippen molar-refractivity contribution in [3.8, 4) is 11.5 Å². The Labute approximate surface area is 261 Å². The van der Waals surface area contributed by atoms with Gasteiger partial charge in [0.25, 0.3) is 0 Å². The minimum atomic E-state index is 0. The maximum Gasteiger partial charge on any atom is 0.433 e. The number of carbonyl (C=O) groups excluding carboxylic acids is 2. The Morgan fingerprint density at radius 1 is 0.882 bits per heavy atom. The molecule has 0 amide bonds. The number of hydrogen-bond acceptors (Lipinski definition) is 4. The molecule has 0 spiro atoms. The molecule has 0 saturated heterocycles. The monoisotopic (exact) mass is 912 g/mol. The topological polar surface area (TPSA) is 52.6 Å². The summed E-state index contributed by atoms with van der Waals surface area (Å²) in [5, 5.41) is 0. The van der Waals surface area contributed by atoms with Gasteiger partial charge in [0.1, 0.15) is 12.1 Å². The van der Waals surface area contributed by atoms with E-state index < -0.39 is 0 Å². The van der Waals surface area contributed by atoms with Gasteiger partial charge in [-0.05, 0) is 61.9 Å². The van der Waals surface area contributed by atoms with Crippen molar-refractivity contribution in [1.82, 2.24) is 0 Å². The summed E-state index contributed by atoms with van der Waals surface area (Å²) in [4.78, 5) is 23.4. The number of rotatable bonds is 0. The second-order valence-electron chi connectivity index (χ2n) is 7.49. The molecule has 0 fully saturated rings. The zero-order valence-corrected chi connectivity index (χ0v) is 27.3. The first kappa shape index (κ1) is 30.7. The molecule has 2 aromatic carbocycles. The number of benzene rings is 2. The summed E-state index contributed by atoms with van der Waals surface area (Å²) in [5.74, 6) is 2.35. The van der Waals surface area contributed by atoms with Crippen LogP contribution in [0.3, 0.4) is 0 Å². The number of ether oxygens (including phenoxy) is 2. The average Bonchev–Trinajstić information content (AvgIpc) is 3.60. The predicted octanol–water partition coefficient (Wildman–Crippen LogP) is 7.02. The van der Waals surface area contributed by atoms with E-state index in [9.17, 15) is 13.9 Å². The van der Waals surface area contributed by atoms with E-state index in [4.69, 9.17) is 10.1 Å². The van der Waals surface area contributed by atoms with Crippen LogP contribution in [0.25, 0.3) is 0 Å². The number of ketones is 2. The summed E-state index contributed by atoms with van der Waals surface area (Å²) in [6.45, 7) is 1.42. The molecule has 34 heavy (non-hydrogen) atoms. The smallest absolute Gasteiger partial charge is 0.433 e. The number of fused-ring (bicyclic) bond motifs is 6. The molecule has 2 aliphatic carbocycles. The van der Waals surface area contributed by atoms with Gasteiger partial charge in [-0.25, -0.2) is 0 Å². The van der Waals surface area contributed by atoms with Crippen LogP contribution in [0, 0.1) is 7.43 Å². The zero-order valence-electron chi connectivity index (χ0n) is 19.2. The Balaban J connectivity index is 0.000000284. The molecule has 2 heterocycles. The summed E-state index contributed by atoms with van der Waals surface area (Å²) >= 11 is 9.95. The van der Waals surface area contributed by atoms with Crippen LogP contribution in [0.5, 0.6) is 11.5 Å². The van der Waals surface area contributed by atoms with Crippen LogP contribution < -0.4 is 9.47 Å².